The summed E-state index contributed by atoms with van der Waals surface area (Å²) in [5, 5.41) is 24.7. The summed E-state index contributed by atoms with van der Waals surface area (Å²) in [4.78, 5) is 27.9. The Bertz CT molecular complexity index is 1440. The largest absolute Gasteiger partial charge is 0.478 e. The zero-order valence-electron chi connectivity index (χ0n) is 16.7. The summed E-state index contributed by atoms with van der Waals surface area (Å²) in [6, 6.07) is 16.8. The van der Waals surface area contributed by atoms with Crippen LogP contribution >= 0.6 is 23.4 Å². The van der Waals surface area contributed by atoms with Crippen molar-refractivity contribution < 1.29 is 19.1 Å². The van der Waals surface area contributed by atoms with Gasteiger partial charge in [0.15, 0.2) is 5.84 Å². The van der Waals surface area contributed by atoms with Gasteiger partial charge in [-0.25, -0.2) is 4.79 Å². The van der Waals surface area contributed by atoms with Gasteiger partial charge in [0, 0.05) is 11.1 Å². The van der Waals surface area contributed by atoms with E-state index in [-0.39, 0.29) is 22.1 Å². The van der Waals surface area contributed by atoms with Gasteiger partial charge in [-0.15, -0.1) is 0 Å². The zero-order valence-corrected chi connectivity index (χ0v) is 18.2. The summed E-state index contributed by atoms with van der Waals surface area (Å²) >= 11 is 7.42. The number of nitrogens with zero attached hydrogens (tertiary/aromatic N) is 3. The smallest absolute Gasteiger partial charge is 0.335 e. The lowest BCUT2D eigenvalue weighted by Crippen LogP contribution is -2.35. The van der Waals surface area contributed by atoms with Crippen molar-refractivity contribution in [2.45, 2.75) is 0 Å². The summed E-state index contributed by atoms with van der Waals surface area (Å²) < 4.78 is 5.78. The summed E-state index contributed by atoms with van der Waals surface area (Å²) in [5.41, 5.74) is 1.42. The molecule has 0 fully saturated rings. The first-order valence-electron chi connectivity index (χ1n) is 9.59. The summed E-state index contributed by atoms with van der Waals surface area (Å²) in [6.45, 7) is 0. The number of furan rings is 1. The van der Waals surface area contributed by atoms with E-state index >= 15 is 0 Å². The second kappa shape index (κ2) is 8.19. The molecule has 2 aliphatic heterocycles. The molecule has 0 radical (unpaired) electrons. The molecule has 3 heterocycles. The molecule has 0 saturated carbocycles. The van der Waals surface area contributed by atoms with E-state index in [4.69, 9.17) is 21.4 Å². The predicted octanol–water partition coefficient (Wildman–Crippen LogP) is 4.97. The average molecular weight is 477 g/mol. The van der Waals surface area contributed by atoms with E-state index in [1.165, 1.54) is 23.2 Å². The lowest BCUT2D eigenvalue weighted by Gasteiger charge is -2.19. The number of rotatable bonds is 4. The number of nitrogens with one attached hydrogen (secondary N) is 1. The van der Waals surface area contributed by atoms with Gasteiger partial charge in [0.25, 0.3) is 5.91 Å². The van der Waals surface area contributed by atoms with Crippen LogP contribution in [0.1, 0.15) is 21.7 Å². The third-order valence-electron chi connectivity index (χ3n) is 4.87. The van der Waals surface area contributed by atoms with Gasteiger partial charge in [0.1, 0.15) is 16.6 Å². The van der Waals surface area contributed by atoms with Crippen LogP contribution in [-0.4, -0.2) is 38.0 Å². The first-order chi connectivity index (χ1) is 15.9. The minimum atomic E-state index is -1.04. The van der Waals surface area contributed by atoms with Crippen molar-refractivity contribution in [1.29, 1.82) is 5.41 Å². The Morgan fingerprint density at radius 3 is 2.76 bits per heavy atom. The Balaban J connectivity index is 1.45. The molecule has 0 atom stereocenters. The molecule has 5 rings (SSSR count). The number of hydrogen-bond acceptors (Lipinski definition) is 6. The van der Waals surface area contributed by atoms with Gasteiger partial charge in [-0.2, -0.15) is 15.1 Å². The Labute approximate surface area is 196 Å². The molecule has 0 spiro atoms. The van der Waals surface area contributed by atoms with Crippen molar-refractivity contribution in [3.8, 4) is 11.3 Å². The van der Waals surface area contributed by atoms with Crippen LogP contribution in [0.25, 0.3) is 17.4 Å². The number of hydrazone groups is 1. The van der Waals surface area contributed by atoms with E-state index in [0.29, 0.717) is 32.7 Å². The Hall–Kier alpha value is -3.95. The predicted molar refractivity (Wildman–Crippen MR) is 127 cm³/mol. The summed E-state index contributed by atoms with van der Waals surface area (Å²) in [6.07, 6.45) is 1.42. The molecule has 2 N–H and O–H groups in total. The number of aliphatic imine (C=N–C) groups is 1. The Morgan fingerprint density at radius 2 is 1.97 bits per heavy atom. The molecule has 0 bridgehead atoms. The number of benzene rings is 2. The average Bonchev–Trinajstić information content (AvgIpc) is 3.44. The van der Waals surface area contributed by atoms with Crippen molar-refractivity contribution in [1.82, 2.24) is 5.01 Å². The normalized spacial score (nSPS) is 16.6. The van der Waals surface area contributed by atoms with Crippen molar-refractivity contribution in [3.05, 3.63) is 88.1 Å². The number of carbonyl (C=O) groups is 2. The Morgan fingerprint density at radius 1 is 1.15 bits per heavy atom. The van der Waals surface area contributed by atoms with Crippen LogP contribution < -0.4 is 0 Å². The van der Waals surface area contributed by atoms with Crippen molar-refractivity contribution >= 4 is 57.4 Å². The molecule has 0 aliphatic carbocycles. The maximum absolute atomic E-state index is 12.6. The highest BCUT2D eigenvalue weighted by atomic mass is 35.5. The highest BCUT2D eigenvalue weighted by Gasteiger charge is 2.36. The van der Waals surface area contributed by atoms with Crippen LogP contribution in [0.2, 0.25) is 5.02 Å². The first kappa shape index (κ1) is 20.9. The third-order valence-corrected chi connectivity index (χ3v) is 6.14. The van der Waals surface area contributed by atoms with Crippen LogP contribution in [-0.2, 0) is 4.79 Å². The number of carbonyl (C=O) groups excluding carboxylic acids is 1. The standard InChI is InChI=1S/C23H13ClN4O4S/c24-17-7-2-1-6-15(17)21-27-28-19(25)16(20(29)26-23(28)33-21)11-14-8-9-18(32-14)12-4-3-5-13(10-12)22(30)31/h1-11,25H,(H,30,31)/b16-11-,25-19?. The molecule has 1 aromatic heterocycles. The fourth-order valence-corrected chi connectivity index (χ4v) is 4.48. The van der Waals surface area contributed by atoms with Crippen LogP contribution in [0.5, 0.6) is 0 Å². The molecule has 10 heteroatoms. The van der Waals surface area contributed by atoms with Gasteiger partial charge in [-0.1, -0.05) is 41.9 Å². The van der Waals surface area contributed by atoms with Crippen LogP contribution in [0.4, 0.5) is 0 Å². The minimum Gasteiger partial charge on any atom is -0.478 e. The van der Waals surface area contributed by atoms with E-state index in [9.17, 15) is 14.7 Å². The molecule has 2 aliphatic rings. The van der Waals surface area contributed by atoms with Crippen LogP contribution in [0, 0.1) is 5.41 Å². The number of halogens is 1. The molecular formula is C23H13ClN4O4S. The SMILES string of the molecule is N=C1/C(=C/c2ccc(-c3cccc(C(=O)O)c3)o2)C(=O)N=C2SC(c3ccccc3Cl)=NN12. The van der Waals surface area contributed by atoms with E-state index in [2.05, 4.69) is 10.1 Å². The molecule has 3 aromatic rings. The van der Waals surface area contributed by atoms with Crippen LogP contribution in [0.3, 0.4) is 0 Å². The van der Waals surface area contributed by atoms with E-state index < -0.39 is 11.9 Å². The molecule has 162 valence electrons. The minimum absolute atomic E-state index is 0.0173. The first-order valence-corrected chi connectivity index (χ1v) is 10.8. The number of carboxylic acids is 1. The van der Waals surface area contributed by atoms with Gasteiger partial charge < -0.3 is 9.52 Å². The van der Waals surface area contributed by atoms with Crippen molar-refractivity contribution in [2.75, 3.05) is 0 Å². The number of aromatic carboxylic acids is 1. The second-order valence-corrected chi connectivity index (χ2v) is 8.36. The highest BCUT2D eigenvalue weighted by molar-refractivity contribution is 8.27. The fourth-order valence-electron chi connectivity index (χ4n) is 3.27. The van der Waals surface area contributed by atoms with Crippen molar-refractivity contribution in [2.24, 2.45) is 10.1 Å². The zero-order chi connectivity index (χ0) is 23.1. The molecule has 1 amide bonds. The van der Waals surface area contributed by atoms with Gasteiger partial charge in [0.2, 0.25) is 5.17 Å². The van der Waals surface area contributed by atoms with E-state index in [1.807, 2.05) is 6.07 Å². The van der Waals surface area contributed by atoms with Gasteiger partial charge in [0.05, 0.1) is 16.2 Å². The van der Waals surface area contributed by atoms with Gasteiger partial charge >= 0.3 is 5.97 Å². The highest BCUT2D eigenvalue weighted by Crippen LogP contribution is 2.33. The fraction of sp³-hybridized carbons (Fsp3) is 0. The van der Waals surface area contributed by atoms with E-state index in [0.717, 1.165) is 11.8 Å². The summed E-state index contributed by atoms with van der Waals surface area (Å²) in [5.74, 6) is -1.01. The van der Waals surface area contributed by atoms with E-state index in [1.54, 1.807) is 42.5 Å². The molecular weight excluding hydrogens is 464 g/mol. The number of carboxylic acid groups (broad SMARTS) is 1. The third kappa shape index (κ3) is 3.88. The maximum Gasteiger partial charge on any atom is 0.335 e. The lowest BCUT2D eigenvalue weighted by molar-refractivity contribution is -0.114. The number of fused-ring (bicyclic) bond motifs is 1. The second-order valence-electron chi connectivity index (χ2n) is 6.99. The number of thioether (sulfide) groups is 1. The molecule has 2 aromatic carbocycles. The molecule has 0 unspecified atom stereocenters. The topological polar surface area (TPSA) is 119 Å². The number of amidine groups is 2. The number of amides is 1. The van der Waals surface area contributed by atoms with Gasteiger partial charge in [-0.05, 0) is 48.2 Å². The Kier molecular flexibility index (Phi) is 5.20. The van der Waals surface area contributed by atoms with Crippen LogP contribution in [0.15, 0.2) is 80.7 Å². The summed E-state index contributed by atoms with van der Waals surface area (Å²) in [7, 11) is 0. The lowest BCUT2D eigenvalue weighted by atomic mass is 10.1. The molecule has 33 heavy (non-hydrogen) atoms. The van der Waals surface area contributed by atoms with Crippen molar-refractivity contribution in [3.63, 3.8) is 0 Å². The maximum atomic E-state index is 12.6. The van der Waals surface area contributed by atoms with Gasteiger partial charge in [-0.3, -0.25) is 10.2 Å². The monoisotopic (exact) mass is 476 g/mol. The molecule has 8 nitrogen and oxygen atoms in total. The number of hydrogen-bond donors (Lipinski definition) is 2. The molecule has 0 saturated heterocycles. The quantitative estimate of drug-likeness (QED) is 0.513.